The molecule has 0 spiro atoms. The number of ether oxygens (including phenoxy) is 1. The van der Waals surface area contributed by atoms with Crippen LogP contribution in [0.1, 0.15) is 41.5 Å². The maximum Gasteiger partial charge on any atom is 0.573 e. The zero-order chi connectivity index (χ0) is 32.3. The highest BCUT2D eigenvalue weighted by Gasteiger charge is 2.33. The SMILES string of the molecule is CCC(CNC(=O)/N=C1\SCC(=O)N1c1c(C)cc(C)cc1C)c1ccc(-c2ncn(-c3ccc(OC(F)(F)F)cc3)n2)cc1. The van der Waals surface area contributed by atoms with Crippen LogP contribution in [-0.2, 0) is 4.79 Å². The number of carbonyl (C=O) groups is 2. The monoisotopic (exact) mass is 636 g/mol. The van der Waals surface area contributed by atoms with Crippen molar-refractivity contribution >= 4 is 34.6 Å². The molecule has 1 fully saturated rings. The van der Waals surface area contributed by atoms with Gasteiger partial charge in [0, 0.05) is 18.0 Å². The average Bonchev–Trinajstić information content (AvgIpc) is 3.61. The molecule has 0 saturated carbocycles. The highest BCUT2D eigenvalue weighted by atomic mass is 32.2. The lowest BCUT2D eigenvalue weighted by Gasteiger charge is -2.21. The second kappa shape index (κ2) is 13.1. The number of rotatable bonds is 8. The fourth-order valence-corrected chi connectivity index (χ4v) is 6.10. The molecule has 1 saturated heterocycles. The summed E-state index contributed by atoms with van der Waals surface area (Å²) in [4.78, 5) is 35.7. The van der Waals surface area contributed by atoms with Crippen LogP contribution in [0.4, 0.5) is 23.7 Å². The summed E-state index contributed by atoms with van der Waals surface area (Å²) < 4.78 is 42.7. The number of halogens is 3. The minimum atomic E-state index is -4.76. The first-order valence-corrected chi connectivity index (χ1v) is 15.2. The standard InChI is InChI=1S/C32H31F3N6O3S/c1-5-22(16-36-30(43)38-31-41(27(42)17-45-31)28-20(3)14-19(2)15-21(28)4)23-6-8-24(9-7-23)29-37-18-40(39-29)25-10-12-26(13-11-25)44-32(33,34)35/h6-15,18,22H,5,16-17H2,1-4H3,(H,36,43)/b38-31-. The van der Waals surface area contributed by atoms with Gasteiger partial charge in [-0.25, -0.2) is 14.5 Å². The Morgan fingerprint density at radius 2 is 1.73 bits per heavy atom. The Balaban J connectivity index is 1.22. The number of amides is 3. The van der Waals surface area contributed by atoms with Crippen LogP contribution < -0.4 is 15.0 Å². The van der Waals surface area contributed by atoms with Gasteiger partial charge in [0.1, 0.15) is 12.1 Å². The molecule has 1 atom stereocenters. The van der Waals surface area contributed by atoms with E-state index in [1.807, 2.05) is 64.1 Å². The molecule has 45 heavy (non-hydrogen) atoms. The number of amidine groups is 1. The van der Waals surface area contributed by atoms with Crippen molar-refractivity contribution < 1.29 is 27.5 Å². The van der Waals surface area contributed by atoms with Crippen LogP contribution in [0.5, 0.6) is 5.75 Å². The van der Waals surface area contributed by atoms with Crippen molar-refractivity contribution in [1.82, 2.24) is 20.1 Å². The quantitative estimate of drug-likeness (QED) is 0.222. The second-order valence-electron chi connectivity index (χ2n) is 10.6. The zero-order valence-electron chi connectivity index (χ0n) is 25.1. The lowest BCUT2D eigenvalue weighted by Crippen LogP contribution is -2.33. The Morgan fingerprint density at radius 3 is 2.36 bits per heavy atom. The Morgan fingerprint density at radius 1 is 1.07 bits per heavy atom. The molecule has 1 aromatic heterocycles. The van der Waals surface area contributed by atoms with Gasteiger partial charge in [0.2, 0.25) is 5.91 Å². The normalized spacial score (nSPS) is 15.0. The number of carbonyl (C=O) groups excluding carboxylic acids is 2. The van der Waals surface area contributed by atoms with Crippen molar-refractivity contribution in [2.24, 2.45) is 4.99 Å². The number of anilines is 1. The number of hydrogen-bond acceptors (Lipinski definition) is 6. The highest BCUT2D eigenvalue weighted by Crippen LogP contribution is 2.33. The Bertz CT molecular complexity index is 1710. The third-order valence-electron chi connectivity index (χ3n) is 7.28. The largest absolute Gasteiger partial charge is 0.573 e. The summed E-state index contributed by atoms with van der Waals surface area (Å²) in [5.41, 5.74) is 6.04. The first kappa shape index (κ1) is 31.8. The van der Waals surface area contributed by atoms with Crippen LogP contribution in [0.3, 0.4) is 0 Å². The molecule has 4 aromatic rings. The molecule has 9 nitrogen and oxygen atoms in total. The Kier molecular flexibility index (Phi) is 9.28. The van der Waals surface area contributed by atoms with Gasteiger partial charge in [-0.2, -0.15) is 4.99 Å². The average molecular weight is 637 g/mol. The van der Waals surface area contributed by atoms with Gasteiger partial charge in [-0.3, -0.25) is 9.69 Å². The van der Waals surface area contributed by atoms with Gasteiger partial charge in [0.15, 0.2) is 11.0 Å². The number of aliphatic imine (C=N–C) groups is 1. The Hall–Kier alpha value is -4.65. The van der Waals surface area contributed by atoms with Crippen LogP contribution in [0.2, 0.25) is 0 Å². The molecular weight excluding hydrogens is 605 g/mol. The zero-order valence-corrected chi connectivity index (χ0v) is 25.9. The summed E-state index contributed by atoms with van der Waals surface area (Å²) in [6.07, 6.45) is -2.52. The molecule has 2 heterocycles. The summed E-state index contributed by atoms with van der Waals surface area (Å²) in [5.74, 6) is 0.251. The molecule has 3 amide bonds. The molecule has 1 aliphatic heterocycles. The van der Waals surface area contributed by atoms with Crippen LogP contribution in [0.25, 0.3) is 17.1 Å². The minimum absolute atomic E-state index is 0.0155. The van der Waals surface area contributed by atoms with Crippen LogP contribution in [-0.4, -0.2) is 50.5 Å². The molecule has 1 unspecified atom stereocenters. The van der Waals surface area contributed by atoms with E-state index >= 15 is 0 Å². The molecule has 13 heteroatoms. The van der Waals surface area contributed by atoms with E-state index in [1.54, 1.807) is 0 Å². The molecule has 0 bridgehead atoms. The van der Waals surface area contributed by atoms with Gasteiger partial charge >= 0.3 is 12.4 Å². The molecule has 1 aliphatic rings. The van der Waals surface area contributed by atoms with E-state index in [2.05, 4.69) is 25.1 Å². The third kappa shape index (κ3) is 7.54. The molecule has 5 rings (SSSR count). The summed E-state index contributed by atoms with van der Waals surface area (Å²) in [5, 5.41) is 7.70. The molecule has 1 N–H and O–H groups in total. The molecule has 234 valence electrons. The highest BCUT2D eigenvalue weighted by molar-refractivity contribution is 8.15. The first-order chi connectivity index (χ1) is 21.4. The summed E-state index contributed by atoms with van der Waals surface area (Å²) >= 11 is 1.25. The summed E-state index contributed by atoms with van der Waals surface area (Å²) in [7, 11) is 0. The number of nitrogens with one attached hydrogen (secondary N) is 1. The minimum Gasteiger partial charge on any atom is -0.406 e. The summed E-state index contributed by atoms with van der Waals surface area (Å²) in [6, 6.07) is 16.5. The first-order valence-electron chi connectivity index (χ1n) is 14.2. The fourth-order valence-electron chi connectivity index (χ4n) is 5.25. The molecule has 0 aliphatic carbocycles. The fraction of sp³-hybridized carbons (Fsp3) is 0.281. The second-order valence-corrected chi connectivity index (χ2v) is 11.6. The van der Waals surface area contributed by atoms with E-state index in [9.17, 15) is 22.8 Å². The van der Waals surface area contributed by atoms with E-state index in [1.165, 1.54) is 51.9 Å². The maximum absolute atomic E-state index is 12.9. The number of alkyl halides is 3. The van der Waals surface area contributed by atoms with Crippen molar-refractivity contribution in [2.45, 2.75) is 46.4 Å². The number of nitrogens with zero attached hydrogens (tertiary/aromatic N) is 5. The predicted molar refractivity (Wildman–Crippen MR) is 168 cm³/mol. The predicted octanol–water partition coefficient (Wildman–Crippen LogP) is 7.10. The number of aromatic nitrogens is 3. The van der Waals surface area contributed by atoms with Crippen molar-refractivity contribution in [3.8, 4) is 22.8 Å². The lowest BCUT2D eigenvalue weighted by molar-refractivity contribution is -0.274. The molecule has 0 radical (unpaired) electrons. The van der Waals surface area contributed by atoms with Crippen LogP contribution >= 0.6 is 11.8 Å². The van der Waals surface area contributed by atoms with E-state index in [4.69, 9.17) is 0 Å². The molecule has 3 aromatic carbocycles. The smallest absolute Gasteiger partial charge is 0.406 e. The molecular formula is C32H31F3N6O3S. The van der Waals surface area contributed by atoms with Gasteiger partial charge < -0.3 is 10.1 Å². The summed E-state index contributed by atoms with van der Waals surface area (Å²) in [6.45, 7) is 8.28. The van der Waals surface area contributed by atoms with E-state index in [0.717, 1.165) is 39.9 Å². The number of urea groups is 1. The van der Waals surface area contributed by atoms with Gasteiger partial charge in [-0.05, 0) is 68.1 Å². The third-order valence-corrected chi connectivity index (χ3v) is 8.20. The Labute approximate surface area is 262 Å². The number of aryl methyl sites for hydroxylation is 3. The van der Waals surface area contributed by atoms with Gasteiger partial charge in [0.05, 0.1) is 17.1 Å². The maximum atomic E-state index is 12.9. The van der Waals surface area contributed by atoms with Gasteiger partial charge in [-0.15, -0.1) is 18.3 Å². The number of benzene rings is 3. The lowest BCUT2D eigenvalue weighted by atomic mass is 9.95. The van der Waals surface area contributed by atoms with Crippen LogP contribution in [0.15, 0.2) is 72.0 Å². The van der Waals surface area contributed by atoms with Crippen molar-refractivity contribution in [2.75, 3.05) is 17.2 Å². The van der Waals surface area contributed by atoms with Crippen molar-refractivity contribution in [1.29, 1.82) is 0 Å². The van der Waals surface area contributed by atoms with Gasteiger partial charge in [-0.1, -0.05) is 60.6 Å². The topological polar surface area (TPSA) is 102 Å². The number of hydrogen-bond donors (Lipinski definition) is 1. The van der Waals surface area contributed by atoms with Crippen molar-refractivity contribution in [3.63, 3.8) is 0 Å². The van der Waals surface area contributed by atoms with Gasteiger partial charge in [0.25, 0.3) is 0 Å². The van der Waals surface area contributed by atoms with E-state index in [0.29, 0.717) is 23.2 Å². The van der Waals surface area contributed by atoms with Crippen LogP contribution in [0, 0.1) is 20.8 Å². The van der Waals surface area contributed by atoms with E-state index < -0.39 is 12.4 Å². The van der Waals surface area contributed by atoms with Crippen molar-refractivity contribution in [3.05, 3.63) is 89.2 Å². The number of thioether (sulfide) groups is 1. The van der Waals surface area contributed by atoms with E-state index in [-0.39, 0.29) is 23.3 Å².